The summed E-state index contributed by atoms with van der Waals surface area (Å²) in [5.74, 6) is 0. The molecular weight excluding hydrogens is 421 g/mol. The van der Waals surface area contributed by atoms with Gasteiger partial charge in [0, 0.05) is 26.7 Å². The van der Waals surface area contributed by atoms with Crippen LogP contribution < -0.4 is 15.9 Å². The third kappa shape index (κ3) is 3.07. The number of nitrogens with zero attached hydrogens (tertiary/aromatic N) is 1. The maximum atomic E-state index is 15.2. The van der Waals surface area contributed by atoms with Crippen molar-refractivity contribution in [2.45, 2.75) is 0 Å². The zero-order chi connectivity index (χ0) is 22.3. The third-order valence-electron chi connectivity index (χ3n) is 6.28. The van der Waals surface area contributed by atoms with Crippen LogP contribution in [0.25, 0.3) is 27.5 Å². The number of fused-ring (bicyclic) bond motifs is 3. The number of benzene rings is 5. The third-order valence-corrected chi connectivity index (χ3v) is 9.39. The maximum Gasteiger partial charge on any atom is 0.173 e. The predicted octanol–water partition coefficient (Wildman–Crippen LogP) is 6.42. The highest BCUT2D eigenvalue weighted by atomic mass is 31.2. The fourth-order valence-electron chi connectivity index (χ4n) is 4.80. The molecule has 0 atom stereocenters. The van der Waals surface area contributed by atoms with Crippen LogP contribution in [-0.2, 0) is 4.57 Å². The Labute approximate surface area is 193 Å². The molecule has 158 valence electrons. The Morgan fingerprint density at radius 2 is 0.879 bits per heavy atom. The van der Waals surface area contributed by atoms with E-state index in [1.807, 2.05) is 78.9 Å². The van der Waals surface area contributed by atoms with Crippen molar-refractivity contribution in [2.75, 3.05) is 0 Å². The lowest BCUT2D eigenvalue weighted by Crippen LogP contribution is -2.27. The molecule has 0 saturated carbocycles. The molecule has 0 spiro atoms. The van der Waals surface area contributed by atoms with Gasteiger partial charge in [0.15, 0.2) is 7.14 Å². The Morgan fingerprint density at radius 3 is 1.42 bits per heavy atom. The van der Waals surface area contributed by atoms with Crippen molar-refractivity contribution < 1.29 is 4.57 Å². The zero-order valence-electron chi connectivity index (χ0n) is 18.0. The second-order valence-corrected chi connectivity index (χ2v) is 10.9. The lowest BCUT2D eigenvalue weighted by Gasteiger charge is -2.23. The molecule has 2 nitrogen and oxygen atoms in total. The van der Waals surface area contributed by atoms with Crippen LogP contribution >= 0.6 is 7.14 Å². The molecule has 0 unspecified atom stereocenters. The van der Waals surface area contributed by atoms with Crippen LogP contribution in [0, 0.1) is 0 Å². The molecule has 1 heterocycles. The molecule has 6 rings (SSSR count). The van der Waals surface area contributed by atoms with Crippen LogP contribution in [0.1, 0.15) is 0 Å². The van der Waals surface area contributed by atoms with Gasteiger partial charge in [-0.1, -0.05) is 109 Å². The van der Waals surface area contributed by atoms with E-state index in [0.29, 0.717) is 0 Å². The van der Waals surface area contributed by atoms with Gasteiger partial charge in [-0.05, 0) is 24.3 Å². The van der Waals surface area contributed by atoms with E-state index in [1.54, 1.807) is 0 Å². The molecule has 0 aliphatic heterocycles. The molecule has 0 aliphatic rings. The highest BCUT2D eigenvalue weighted by Crippen LogP contribution is 2.45. The smallest absolute Gasteiger partial charge is 0.173 e. The first-order chi connectivity index (χ1) is 16.3. The van der Waals surface area contributed by atoms with Gasteiger partial charge in [-0.25, -0.2) is 0 Å². The van der Waals surface area contributed by atoms with E-state index in [1.165, 1.54) is 10.8 Å². The molecule has 0 bridgehead atoms. The molecule has 5 aromatic carbocycles. The molecule has 3 heteroatoms. The van der Waals surface area contributed by atoms with Gasteiger partial charge in [0.2, 0.25) is 0 Å². The fraction of sp³-hybridized carbons (Fsp3) is 0. The summed E-state index contributed by atoms with van der Waals surface area (Å²) in [5, 5.41) is 4.90. The van der Waals surface area contributed by atoms with Gasteiger partial charge in [-0.3, -0.25) is 0 Å². The van der Waals surface area contributed by atoms with Crippen molar-refractivity contribution in [1.29, 1.82) is 0 Å². The van der Waals surface area contributed by atoms with Crippen molar-refractivity contribution >= 4 is 44.9 Å². The minimum absolute atomic E-state index is 0.837. The van der Waals surface area contributed by atoms with Crippen LogP contribution in [0.3, 0.4) is 0 Å². The SMILES string of the molecule is O=P(c1ccccc1)(c1ccccc1)c1ccccc1-n1c2ccccc2c2ccccc21. The molecule has 0 radical (unpaired) electrons. The summed E-state index contributed by atoms with van der Waals surface area (Å²) < 4.78 is 17.5. The number of para-hydroxylation sites is 3. The highest BCUT2D eigenvalue weighted by molar-refractivity contribution is 7.85. The standard InChI is InChI=1S/C30H22NOP/c32-33(23-13-3-1-4-14-23,24-15-5-2-6-16-24)30-22-12-11-21-29(30)31-27-19-9-7-17-25(27)26-18-8-10-20-28(26)31/h1-22H. The van der Waals surface area contributed by atoms with Crippen molar-refractivity contribution in [3.63, 3.8) is 0 Å². The quantitative estimate of drug-likeness (QED) is 0.288. The van der Waals surface area contributed by atoms with E-state index in [9.17, 15) is 0 Å². The second kappa shape index (κ2) is 7.92. The topological polar surface area (TPSA) is 22.0 Å². The van der Waals surface area contributed by atoms with E-state index in [0.717, 1.165) is 32.6 Å². The van der Waals surface area contributed by atoms with Crippen LogP contribution in [-0.4, -0.2) is 4.57 Å². The fourth-order valence-corrected chi connectivity index (χ4v) is 7.64. The molecular formula is C30H22NOP. The maximum absolute atomic E-state index is 15.2. The Kier molecular flexibility index (Phi) is 4.75. The van der Waals surface area contributed by atoms with Gasteiger partial charge in [-0.15, -0.1) is 0 Å². The molecule has 1 aromatic heterocycles. The Balaban J connectivity index is 1.74. The van der Waals surface area contributed by atoms with Gasteiger partial charge < -0.3 is 9.13 Å². The van der Waals surface area contributed by atoms with Crippen molar-refractivity contribution in [1.82, 2.24) is 4.57 Å². The predicted molar refractivity (Wildman–Crippen MR) is 140 cm³/mol. The molecule has 33 heavy (non-hydrogen) atoms. The van der Waals surface area contributed by atoms with E-state index in [4.69, 9.17) is 0 Å². The summed E-state index contributed by atoms with van der Waals surface area (Å²) in [7, 11) is -3.13. The van der Waals surface area contributed by atoms with Gasteiger partial charge in [0.05, 0.1) is 16.7 Å². The summed E-state index contributed by atoms with van der Waals surface area (Å²) >= 11 is 0. The van der Waals surface area contributed by atoms with E-state index in [-0.39, 0.29) is 0 Å². The average Bonchev–Trinajstić information content (AvgIpc) is 3.24. The van der Waals surface area contributed by atoms with Crippen LogP contribution in [0.2, 0.25) is 0 Å². The minimum atomic E-state index is -3.13. The molecule has 0 amide bonds. The van der Waals surface area contributed by atoms with E-state index < -0.39 is 7.14 Å². The monoisotopic (exact) mass is 443 g/mol. The summed E-state index contributed by atoms with van der Waals surface area (Å²) in [6.45, 7) is 0. The molecule has 6 aromatic rings. The van der Waals surface area contributed by atoms with Crippen LogP contribution in [0.4, 0.5) is 0 Å². The number of rotatable bonds is 4. The lowest BCUT2D eigenvalue weighted by molar-refractivity contribution is 0.592. The van der Waals surface area contributed by atoms with Gasteiger partial charge in [0.1, 0.15) is 0 Å². The highest BCUT2D eigenvalue weighted by Gasteiger charge is 2.32. The first kappa shape index (κ1) is 19.8. The largest absolute Gasteiger partial charge is 0.309 e. The van der Waals surface area contributed by atoms with Crippen molar-refractivity contribution in [3.05, 3.63) is 133 Å². The van der Waals surface area contributed by atoms with Gasteiger partial charge in [-0.2, -0.15) is 0 Å². The summed E-state index contributed by atoms with van der Waals surface area (Å²) in [6.07, 6.45) is 0. The Hall–Kier alpha value is -3.87. The molecule has 0 saturated heterocycles. The number of hydrogen-bond donors (Lipinski definition) is 0. The first-order valence-corrected chi connectivity index (χ1v) is 12.8. The van der Waals surface area contributed by atoms with Crippen molar-refractivity contribution in [2.24, 2.45) is 0 Å². The van der Waals surface area contributed by atoms with Gasteiger partial charge in [0.25, 0.3) is 0 Å². The molecule has 0 N–H and O–H groups in total. The summed E-state index contributed by atoms with van der Waals surface area (Å²) in [4.78, 5) is 0. The summed E-state index contributed by atoms with van der Waals surface area (Å²) in [6, 6.07) is 44.7. The van der Waals surface area contributed by atoms with E-state index >= 15 is 4.57 Å². The van der Waals surface area contributed by atoms with Crippen molar-refractivity contribution in [3.8, 4) is 5.69 Å². The van der Waals surface area contributed by atoms with E-state index in [2.05, 4.69) is 59.2 Å². The number of aromatic nitrogens is 1. The Bertz CT molecular complexity index is 1540. The number of hydrogen-bond acceptors (Lipinski definition) is 1. The normalized spacial score (nSPS) is 11.8. The van der Waals surface area contributed by atoms with Crippen LogP contribution in [0.5, 0.6) is 0 Å². The minimum Gasteiger partial charge on any atom is -0.309 e. The average molecular weight is 443 g/mol. The second-order valence-electron chi connectivity index (χ2n) is 8.14. The molecule has 0 fully saturated rings. The Morgan fingerprint density at radius 1 is 0.455 bits per heavy atom. The lowest BCUT2D eigenvalue weighted by atomic mass is 10.2. The van der Waals surface area contributed by atoms with Crippen LogP contribution in [0.15, 0.2) is 133 Å². The molecule has 0 aliphatic carbocycles. The zero-order valence-corrected chi connectivity index (χ0v) is 18.9. The first-order valence-electron chi connectivity index (χ1n) is 11.1. The van der Waals surface area contributed by atoms with Gasteiger partial charge >= 0.3 is 0 Å². The summed E-state index contributed by atoms with van der Waals surface area (Å²) in [5.41, 5.74) is 3.17.